The number of hydrogen-bond acceptors (Lipinski definition) is 4. The molecule has 0 spiro atoms. The van der Waals surface area contributed by atoms with Crippen molar-refractivity contribution in [3.8, 4) is 0 Å². The number of morpholine rings is 1. The molecule has 1 amide bonds. The van der Waals surface area contributed by atoms with E-state index < -0.39 is 5.41 Å². The third-order valence-electron chi connectivity index (χ3n) is 5.57. The Bertz CT molecular complexity index is 698. The number of aliphatic imine (C=N–C) groups is 1. The summed E-state index contributed by atoms with van der Waals surface area (Å²) in [5.74, 6) is 0.494. The fourth-order valence-corrected chi connectivity index (χ4v) is 3.72. The molecule has 0 saturated carbocycles. The lowest BCUT2D eigenvalue weighted by Gasteiger charge is -2.36. The third kappa shape index (κ3) is 6.05. The van der Waals surface area contributed by atoms with E-state index in [9.17, 15) is 4.79 Å². The average Bonchev–Trinajstić information content (AvgIpc) is 3.11. The second kappa shape index (κ2) is 10.6. The number of nitrogens with zero attached hydrogens (tertiary/aromatic N) is 3. The number of fused-ring (bicyclic) bond motifs is 1. The number of benzene rings is 1. The zero-order valence-electron chi connectivity index (χ0n) is 17.6. The van der Waals surface area contributed by atoms with E-state index >= 15 is 0 Å². The largest absolute Gasteiger partial charge is 0.373 e. The number of ether oxygens (including phenoxy) is 1. The van der Waals surface area contributed by atoms with Crippen molar-refractivity contribution in [3.63, 3.8) is 0 Å². The minimum Gasteiger partial charge on any atom is -0.373 e. The van der Waals surface area contributed by atoms with Crippen molar-refractivity contribution < 1.29 is 9.53 Å². The highest BCUT2D eigenvalue weighted by molar-refractivity contribution is 14.0. The molecule has 0 bridgehead atoms. The van der Waals surface area contributed by atoms with Gasteiger partial charge in [-0.15, -0.1) is 24.0 Å². The van der Waals surface area contributed by atoms with Crippen molar-refractivity contribution in [2.45, 2.75) is 39.5 Å². The standard InChI is InChI=1S/C21H33N5O2.HI/c1-4-23-20(24-15-21(2,3)19(22)27)26-13-17-18(14-26)28-11-10-25(17)12-16-8-6-5-7-9-16;/h5-9,17-18H,4,10-15H2,1-3H3,(H2,22,27)(H,23,24);1H. The van der Waals surface area contributed by atoms with Crippen LogP contribution in [0.25, 0.3) is 0 Å². The van der Waals surface area contributed by atoms with E-state index in [2.05, 4.69) is 52.4 Å². The summed E-state index contributed by atoms with van der Waals surface area (Å²) in [5.41, 5.74) is 6.16. The highest BCUT2D eigenvalue weighted by Crippen LogP contribution is 2.25. The molecule has 2 saturated heterocycles. The molecule has 3 rings (SSSR count). The highest BCUT2D eigenvalue weighted by Gasteiger charge is 2.41. The van der Waals surface area contributed by atoms with Crippen molar-refractivity contribution in [1.82, 2.24) is 15.1 Å². The van der Waals surface area contributed by atoms with Gasteiger partial charge in [0.2, 0.25) is 5.91 Å². The van der Waals surface area contributed by atoms with Crippen molar-refractivity contribution >= 4 is 35.8 Å². The van der Waals surface area contributed by atoms with Gasteiger partial charge in [0.15, 0.2) is 5.96 Å². The molecule has 2 unspecified atom stereocenters. The van der Waals surface area contributed by atoms with Gasteiger partial charge in [0.25, 0.3) is 0 Å². The molecule has 2 aliphatic heterocycles. The summed E-state index contributed by atoms with van der Waals surface area (Å²) in [6, 6.07) is 10.9. The third-order valence-corrected chi connectivity index (χ3v) is 5.57. The minimum absolute atomic E-state index is 0. The Balaban J connectivity index is 0.00000300. The molecule has 8 heteroatoms. The molecule has 2 heterocycles. The zero-order valence-corrected chi connectivity index (χ0v) is 20.0. The Morgan fingerprint density at radius 2 is 2.03 bits per heavy atom. The lowest BCUT2D eigenvalue weighted by molar-refractivity contribution is -0.125. The van der Waals surface area contributed by atoms with Crippen LogP contribution < -0.4 is 11.1 Å². The average molecular weight is 515 g/mol. The number of halogens is 1. The summed E-state index contributed by atoms with van der Waals surface area (Å²) in [7, 11) is 0. The van der Waals surface area contributed by atoms with Gasteiger partial charge in [-0.2, -0.15) is 0 Å². The summed E-state index contributed by atoms with van der Waals surface area (Å²) in [6.45, 7) is 11.1. The van der Waals surface area contributed by atoms with Gasteiger partial charge < -0.3 is 20.7 Å². The molecule has 29 heavy (non-hydrogen) atoms. The van der Waals surface area contributed by atoms with E-state index in [4.69, 9.17) is 15.5 Å². The molecule has 3 N–H and O–H groups in total. The molecular weight excluding hydrogens is 481 g/mol. The fourth-order valence-electron chi connectivity index (χ4n) is 3.72. The van der Waals surface area contributed by atoms with Crippen LogP contribution in [0.2, 0.25) is 0 Å². The SMILES string of the molecule is CCNC(=NCC(C)(C)C(N)=O)N1CC2OCCN(Cc3ccccc3)C2C1.I. The van der Waals surface area contributed by atoms with E-state index in [-0.39, 0.29) is 36.0 Å². The van der Waals surface area contributed by atoms with E-state index in [1.807, 2.05) is 13.8 Å². The molecule has 0 aromatic heterocycles. The molecule has 1 aromatic carbocycles. The van der Waals surface area contributed by atoms with Crippen LogP contribution >= 0.6 is 24.0 Å². The Hall–Kier alpha value is -1.39. The molecule has 0 radical (unpaired) electrons. The smallest absolute Gasteiger partial charge is 0.224 e. The van der Waals surface area contributed by atoms with Crippen molar-refractivity contribution in [1.29, 1.82) is 0 Å². The molecule has 2 fully saturated rings. The Morgan fingerprint density at radius 3 is 2.69 bits per heavy atom. The number of hydrogen-bond donors (Lipinski definition) is 2. The second-order valence-electron chi connectivity index (χ2n) is 8.26. The van der Waals surface area contributed by atoms with Crippen LogP contribution in [0.4, 0.5) is 0 Å². The van der Waals surface area contributed by atoms with Crippen LogP contribution in [-0.4, -0.2) is 73.1 Å². The first-order valence-corrected chi connectivity index (χ1v) is 10.1. The van der Waals surface area contributed by atoms with E-state index in [0.717, 1.165) is 45.3 Å². The second-order valence-corrected chi connectivity index (χ2v) is 8.26. The van der Waals surface area contributed by atoms with Crippen LogP contribution in [0.5, 0.6) is 0 Å². The van der Waals surface area contributed by atoms with Gasteiger partial charge in [-0.25, -0.2) is 0 Å². The number of amides is 1. The Kier molecular flexibility index (Phi) is 8.72. The fraction of sp³-hybridized carbons (Fsp3) is 0.619. The van der Waals surface area contributed by atoms with Gasteiger partial charge in [-0.05, 0) is 26.3 Å². The van der Waals surface area contributed by atoms with E-state index in [1.165, 1.54) is 5.56 Å². The van der Waals surface area contributed by atoms with Gasteiger partial charge in [-0.1, -0.05) is 30.3 Å². The number of carbonyl (C=O) groups excluding carboxylic acids is 1. The molecule has 7 nitrogen and oxygen atoms in total. The maximum absolute atomic E-state index is 11.6. The first kappa shape index (κ1) is 23.9. The summed E-state index contributed by atoms with van der Waals surface area (Å²) < 4.78 is 6.07. The number of nitrogens with two attached hydrogens (primary N) is 1. The highest BCUT2D eigenvalue weighted by atomic mass is 127. The maximum Gasteiger partial charge on any atom is 0.224 e. The monoisotopic (exact) mass is 515 g/mol. The van der Waals surface area contributed by atoms with Crippen LogP contribution in [0.1, 0.15) is 26.3 Å². The van der Waals surface area contributed by atoms with Gasteiger partial charge >= 0.3 is 0 Å². The van der Waals surface area contributed by atoms with Gasteiger partial charge in [-0.3, -0.25) is 14.7 Å². The van der Waals surface area contributed by atoms with Crippen molar-refractivity contribution in [3.05, 3.63) is 35.9 Å². The van der Waals surface area contributed by atoms with Crippen LogP contribution in [0.3, 0.4) is 0 Å². The van der Waals surface area contributed by atoms with Gasteiger partial charge in [0.05, 0.1) is 30.7 Å². The molecule has 0 aliphatic carbocycles. The summed E-state index contributed by atoms with van der Waals surface area (Å²) in [5, 5.41) is 3.36. The van der Waals surface area contributed by atoms with Crippen LogP contribution in [0.15, 0.2) is 35.3 Å². The number of carbonyl (C=O) groups is 1. The molecule has 162 valence electrons. The first-order valence-electron chi connectivity index (χ1n) is 10.1. The number of nitrogens with one attached hydrogen (secondary N) is 1. The van der Waals surface area contributed by atoms with E-state index in [0.29, 0.717) is 12.6 Å². The quantitative estimate of drug-likeness (QED) is 0.342. The predicted molar refractivity (Wildman–Crippen MR) is 126 cm³/mol. The van der Waals surface area contributed by atoms with Crippen LogP contribution in [0, 0.1) is 5.41 Å². The first-order chi connectivity index (χ1) is 13.4. The maximum atomic E-state index is 11.6. The molecule has 2 atom stereocenters. The number of guanidine groups is 1. The lowest BCUT2D eigenvalue weighted by atomic mass is 9.93. The normalized spacial score (nSPS) is 22.7. The van der Waals surface area contributed by atoms with Crippen molar-refractivity contribution in [2.75, 3.05) is 39.3 Å². The zero-order chi connectivity index (χ0) is 20.1. The molecular formula is C21H34IN5O2. The Morgan fingerprint density at radius 1 is 1.31 bits per heavy atom. The predicted octanol–water partition coefficient (Wildman–Crippen LogP) is 1.67. The van der Waals surface area contributed by atoms with Crippen molar-refractivity contribution in [2.24, 2.45) is 16.1 Å². The minimum atomic E-state index is -0.664. The summed E-state index contributed by atoms with van der Waals surface area (Å²) >= 11 is 0. The number of primary amides is 1. The lowest BCUT2D eigenvalue weighted by Crippen LogP contribution is -2.50. The van der Waals surface area contributed by atoms with Crippen LogP contribution in [-0.2, 0) is 16.1 Å². The topological polar surface area (TPSA) is 83.2 Å². The summed E-state index contributed by atoms with van der Waals surface area (Å²) in [6.07, 6.45) is 0.172. The summed E-state index contributed by atoms with van der Waals surface area (Å²) in [4.78, 5) is 21.1. The van der Waals surface area contributed by atoms with Gasteiger partial charge in [0, 0.05) is 32.7 Å². The Labute approximate surface area is 191 Å². The number of rotatable bonds is 6. The molecule has 2 aliphatic rings. The molecule has 1 aromatic rings. The number of likely N-dealkylation sites (tertiary alicyclic amines) is 1. The van der Waals surface area contributed by atoms with Gasteiger partial charge in [0.1, 0.15) is 0 Å². The van der Waals surface area contributed by atoms with E-state index in [1.54, 1.807) is 0 Å².